The summed E-state index contributed by atoms with van der Waals surface area (Å²) in [6.07, 6.45) is -3.80. The van der Waals surface area contributed by atoms with Crippen molar-refractivity contribution in [3.63, 3.8) is 0 Å². The van der Waals surface area contributed by atoms with Crippen molar-refractivity contribution in [2.45, 2.75) is 12.2 Å². The van der Waals surface area contributed by atoms with Crippen LogP contribution in [0.2, 0.25) is 0 Å². The van der Waals surface area contributed by atoms with Crippen LogP contribution < -0.4 is 0 Å². The van der Waals surface area contributed by atoms with Crippen molar-refractivity contribution in [2.24, 2.45) is 0 Å². The number of methoxy groups -OCH3 is 2. The largest absolute Gasteiger partial charge is 0.467 e. The second-order valence-corrected chi connectivity index (χ2v) is 1.94. The van der Waals surface area contributed by atoms with Gasteiger partial charge in [0.05, 0.1) is 14.2 Å². The van der Waals surface area contributed by atoms with E-state index >= 15 is 0 Å². The second-order valence-electron chi connectivity index (χ2n) is 1.94. The summed E-state index contributed by atoms with van der Waals surface area (Å²) in [5, 5.41) is 17.7. The molecule has 0 aromatic rings. The van der Waals surface area contributed by atoms with Crippen LogP contribution in [-0.2, 0) is 19.1 Å². The molecular formula is C6H10O6. The fourth-order valence-corrected chi connectivity index (χ4v) is 0.499. The SMILES string of the molecule is COC(=O)C(O)C(O)C(=O)OC. The topological polar surface area (TPSA) is 93.1 Å². The molecule has 0 aliphatic rings. The first-order valence-corrected chi connectivity index (χ1v) is 3.06. The van der Waals surface area contributed by atoms with Crippen LogP contribution >= 0.6 is 0 Å². The zero-order valence-electron chi connectivity index (χ0n) is 6.68. The number of rotatable bonds is 3. The molecule has 0 rings (SSSR count). The number of aliphatic hydroxyl groups is 2. The van der Waals surface area contributed by atoms with Crippen molar-refractivity contribution >= 4 is 11.9 Å². The van der Waals surface area contributed by atoms with Gasteiger partial charge in [0.1, 0.15) is 0 Å². The Labute approximate surface area is 68.7 Å². The minimum Gasteiger partial charge on any atom is -0.467 e. The minimum absolute atomic E-state index is 1.02. The lowest BCUT2D eigenvalue weighted by atomic mass is 10.2. The Morgan fingerprint density at radius 3 is 1.42 bits per heavy atom. The summed E-state index contributed by atoms with van der Waals surface area (Å²) in [5.74, 6) is -2.18. The Morgan fingerprint density at radius 2 is 1.25 bits per heavy atom. The molecule has 6 heteroatoms. The molecule has 0 aromatic heterocycles. The molecule has 0 radical (unpaired) electrons. The van der Waals surface area contributed by atoms with Crippen LogP contribution in [0.1, 0.15) is 0 Å². The Kier molecular flexibility index (Phi) is 4.24. The highest BCUT2D eigenvalue weighted by Gasteiger charge is 2.31. The van der Waals surface area contributed by atoms with E-state index in [-0.39, 0.29) is 0 Å². The van der Waals surface area contributed by atoms with Gasteiger partial charge < -0.3 is 19.7 Å². The normalized spacial score (nSPS) is 14.7. The molecule has 2 atom stereocenters. The van der Waals surface area contributed by atoms with E-state index in [1.807, 2.05) is 0 Å². The molecule has 12 heavy (non-hydrogen) atoms. The van der Waals surface area contributed by atoms with Crippen molar-refractivity contribution in [1.82, 2.24) is 0 Å². The number of ether oxygens (including phenoxy) is 2. The fraction of sp³-hybridized carbons (Fsp3) is 0.667. The summed E-state index contributed by atoms with van der Waals surface area (Å²) in [7, 11) is 2.05. The zero-order valence-corrected chi connectivity index (χ0v) is 6.68. The highest BCUT2D eigenvalue weighted by Crippen LogP contribution is 1.97. The molecule has 70 valence electrons. The first-order chi connectivity index (χ1) is 5.54. The van der Waals surface area contributed by atoms with Crippen molar-refractivity contribution in [3.05, 3.63) is 0 Å². The van der Waals surface area contributed by atoms with Gasteiger partial charge in [0.15, 0.2) is 12.2 Å². The summed E-state index contributed by atoms with van der Waals surface area (Å²) in [6, 6.07) is 0. The van der Waals surface area contributed by atoms with Gasteiger partial charge in [-0.3, -0.25) is 0 Å². The maximum atomic E-state index is 10.5. The van der Waals surface area contributed by atoms with Crippen LogP contribution in [0.4, 0.5) is 0 Å². The van der Waals surface area contributed by atoms with Crippen LogP contribution in [0.5, 0.6) is 0 Å². The van der Waals surface area contributed by atoms with Gasteiger partial charge >= 0.3 is 11.9 Å². The molecule has 0 saturated carbocycles. The highest BCUT2D eigenvalue weighted by atomic mass is 16.6. The molecule has 0 saturated heterocycles. The number of aliphatic hydroxyl groups excluding tert-OH is 2. The maximum absolute atomic E-state index is 10.5. The molecule has 0 amide bonds. The highest BCUT2D eigenvalue weighted by molar-refractivity contribution is 5.85. The average Bonchev–Trinajstić information content (AvgIpc) is 2.12. The molecule has 0 heterocycles. The van der Waals surface area contributed by atoms with Crippen molar-refractivity contribution in [1.29, 1.82) is 0 Å². The third kappa shape index (κ3) is 2.48. The Hall–Kier alpha value is -1.14. The van der Waals surface area contributed by atoms with E-state index in [0.29, 0.717) is 0 Å². The van der Waals surface area contributed by atoms with E-state index in [2.05, 4.69) is 9.47 Å². The van der Waals surface area contributed by atoms with E-state index in [1.165, 1.54) is 0 Å². The molecule has 0 fully saturated rings. The summed E-state index contributed by atoms with van der Waals surface area (Å²) in [4.78, 5) is 21.1. The van der Waals surface area contributed by atoms with E-state index in [0.717, 1.165) is 14.2 Å². The lowest BCUT2D eigenvalue weighted by Gasteiger charge is -2.12. The second kappa shape index (κ2) is 4.68. The molecule has 6 nitrogen and oxygen atoms in total. The quantitative estimate of drug-likeness (QED) is 0.488. The van der Waals surface area contributed by atoms with Crippen LogP contribution in [0, 0.1) is 0 Å². The molecule has 0 aromatic carbocycles. The molecule has 2 N–H and O–H groups in total. The summed E-state index contributed by atoms with van der Waals surface area (Å²) in [6.45, 7) is 0. The van der Waals surface area contributed by atoms with Gasteiger partial charge in [0.2, 0.25) is 0 Å². The van der Waals surface area contributed by atoms with Gasteiger partial charge in [-0.25, -0.2) is 9.59 Å². The van der Waals surface area contributed by atoms with Gasteiger partial charge in [0.25, 0.3) is 0 Å². The summed E-state index contributed by atoms with van der Waals surface area (Å²) in [5.41, 5.74) is 0. The number of hydrogen-bond donors (Lipinski definition) is 2. The van der Waals surface area contributed by atoms with Crippen molar-refractivity contribution in [3.8, 4) is 0 Å². The third-order valence-corrected chi connectivity index (χ3v) is 1.18. The Balaban J connectivity index is 4.18. The zero-order chi connectivity index (χ0) is 9.72. The molecule has 0 spiro atoms. The fourth-order valence-electron chi connectivity index (χ4n) is 0.499. The van der Waals surface area contributed by atoms with Crippen molar-refractivity contribution in [2.75, 3.05) is 14.2 Å². The van der Waals surface area contributed by atoms with E-state index in [4.69, 9.17) is 10.2 Å². The number of carbonyl (C=O) groups excluding carboxylic acids is 2. The number of carbonyl (C=O) groups is 2. The Bertz CT molecular complexity index is 157. The lowest BCUT2D eigenvalue weighted by Crippen LogP contribution is -2.40. The van der Waals surface area contributed by atoms with Gasteiger partial charge in [0, 0.05) is 0 Å². The monoisotopic (exact) mass is 178 g/mol. The van der Waals surface area contributed by atoms with Gasteiger partial charge in [-0.05, 0) is 0 Å². The van der Waals surface area contributed by atoms with Crippen LogP contribution in [0.3, 0.4) is 0 Å². The average molecular weight is 178 g/mol. The third-order valence-electron chi connectivity index (χ3n) is 1.18. The van der Waals surface area contributed by atoms with E-state index in [1.54, 1.807) is 0 Å². The van der Waals surface area contributed by atoms with E-state index in [9.17, 15) is 9.59 Å². The van der Waals surface area contributed by atoms with Crippen LogP contribution in [-0.4, -0.2) is 48.6 Å². The first kappa shape index (κ1) is 10.9. The van der Waals surface area contributed by atoms with Crippen molar-refractivity contribution < 1.29 is 29.3 Å². The minimum atomic E-state index is -1.90. The summed E-state index contributed by atoms with van der Waals surface area (Å²) < 4.78 is 8.14. The van der Waals surface area contributed by atoms with Gasteiger partial charge in [-0.15, -0.1) is 0 Å². The standard InChI is InChI=1S/C6H10O6/c1-11-5(9)3(7)4(8)6(10)12-2/h3-4,7-8H,1-2H3. The lowest BCUT2D eigenvalue weighted by molar-refractivity contribution is -0.169. The molecular weight excluding hydrogens is 168 g/mol. The van der Waals surface area contributed by atoms with Gasteiger partial charge in [-0.2, -0.15) is 0 Å². The smallest absolute Gasteiger partial charge is 0.338 e. The molecule has 2 unspecified atom stereocenters. The Morgan fingerprint density at radius 1 is 1.00 bits per heavy atom. The van der Waals surface area contributed by atoms with Crippen LogP contribution in [0.25, 0.3) is 0 Å². The molecule has 0 aliphatic heterocycles. The summed E-state index contributed by atoms with van der Waals surface area (Å²) >= 11 is 0. The van der Waals surface area contributed by atoms with E-state index < -0.39 is 24.1 Å². The maximum Gasteiger partial charge on any atom is 0.338 e. The number of esters is 2. The molecule has 0 bridgehead atoms. The van der Waals surface area contributed by atoms with Crippen LogP contribution in [0.15, 0.2) is 0 Å². The molecule has 0 aliphatic carbocycles. The van der Waals surface area contributed by atoms with Gasteiger partial charge in [-0.1, -0.05) is 0 Å². The first-order valence-electron chi connectivity index (χ1n) is 3.06. The predicted octanol–water partition coefficient (Wildman–Crippen LogP) is -1.95. The number of hydrogen-bond acceptors (Lipinski definition) is 6. The predicted molar refractivity (Wildman–Crippen MR) is 36.0 cm³/mol.